The van der Waals surface area contributed by atoms with E-state index >= 15 is 0 Å². The van der Waals surface area contributed by atoms with Crippen LogP contribution in [-0.2, 0) is 9.53 Å². The summed E-state index contributed by atoms with van der Waals surface area (Å²) in [4.78, 5) is 16.6. The highest BCUT2D eigenvalue weighted by atomic mass is 16.5. The Bertz CT molecular complexity index is 429. The van der Waals surface area contributed by atoms with Gasteiger partial charge in [0.2, 0.25) is 0 Å². The molecule has 2 aliphatic rings. The summed E-state index contributed by atoms with van der Waals surface area (Å²) in [6.07, 6.45) is 3.30. The van der Waals surface area contributed by atoms with Crippen LogP contribution in [0.15, 0.2) is 16.3 Å². The van der Waals surface area contributed by atoms with Crippen LogP contribution in [0.4, 0.5) is 0 Å². The van der Waals surface area contributed by atoms with Crippen molar-refractivity contribution < 1.29 is 14.6 Å². The van der Waals surface area contributed by atoms with Crippen LogP contribution in [0.5, 0.6) is 0 Å². The second kappa shape index (κ2) is 5.45. The molecule has 1 heterocycles. The number of carbonyl (C=O) groups is 1. The number of allylic oxidation sites excluding steroid dienone is 2. The second-order valence-electron chi connectivity index (χ2n) is 6.32. The number of Topliss-reactive ketones (excluding diaryl/α,β-unsaturated/α-hetero) is 1. The lowest BCUT2D eigenvalue weighted by Crippen LogP contribution is -2.28. The lowest BCUT2D eigenvalue weighted by atomic mass is 9.76. The smallest absolute Gasteiger partial charge is 0.168 e. The van der Waals surface area contributed by atoms with E-state index in [1.807, 2.05) is 13.8 Å². The number of hydrogen-bond donors (Lipinski definition) is 1. The number of ether oxygens (including phenoxy) is 1. The van der Waals surface area contributed by atoms with Crippen molar-refractivity contribution in [3.05, 3.63) is 11.3 Å². The maximum atomic E-state index is 12.1. The molecule has 0 unspecified atom stereocenters. The summed E-state index contributed by atoms with van der Waals surface area (Å²) in [7, 11) is 0. The Labute approximate surface area is 114 Å². The molecule has 0 saturated carbocycles. The van der Waals surface area contributed by atoms with Gasteiger partial charge in [0.05, 0.1) is 18.2 Å². The zero-order valence-corrected chi connectivity index (χ0v) is 12.0. The molecule has 0 radical (unpaired) electrons. The van der Waals surface area contributed by atoms with Gasteiger partial charge in [-0.05, 0) is 25.2 Å². The van der Waals surface area contributed by atoms with Crippen molar-refractivity contribution in [3.63, 3.8) is 0 Å². The van der Waals surface area contributed by atoms with Gasteiger partial charge in [0.15, 0.2) is 5.78 Å². The largest absolute Gasteiger partial charge is 0.511 e. The van der Waals surface area contributed by atoms with E-state index in [9.17, 15) is 9.90 Å². The Balaban J connectivity index is 2.10. The molecule has 106 valence electrons. The normalized spacial score (nSPS) is 28.1. The van der Waals surface area contributed by atoms with Gasteiger partial charge in [-0.2, -0.15) is 0 Å². The van der Waals surface area contributed by atoms with Crippen molar-refractivity contribution in [3.8, 4) is 0 Å². The number of rotatable bonds is 3. The standard InChI is InChI=1S/C15H23NO3/c1-10(16-9-11-5-4-6-19-11)14-12(17)7-15(2,3)8-13(14)18/h11,17H,4-9H2,1-3H3/t11-/m1/s1. The molecule has 1 atom stereocenters. The summed E-state index contributed by atoms with van der Waals surface area (Å²) < 4.78 is 5.51. The quantitative estimate of drug-likeness (QED) is 0.798. The lowest BCUT2D eigenvalue weighted by molar-refractivity contribution is -0.117. The van der Waals surface area contributed by atoms with Gasteiger partial charge in [0, 0.05) is 25.2 Å². The highest BCUT2D eigenvalue weighted by molar-refractivity contribution is 6.22. The third kappa shape index (κ3) is 3.44. The first-order chi connectivity index (χ1) is 8.89. The lowest BCUT2D eigenvalue weighted by Gasteiger charge is -2.29. The van der Waals surface area contributed by atoms with Gasteiger partial charge >= 0.3 is 0 Å². The van der Waals surface area contributed by atoms with Crippen LogP contribution >= 0.6 is 0 Å². The highest BCUT2D eigenvalue weighted by Crippen LogP contribution is 2.36. The predicted octanol–water partition coefficient (Wildman–Crippen LogP) is 2.83. The van der Waals surface area contributed by atoms with E-state index in [4.69, 9.17) is 4.74 Å². The Morgan fingerprint density at radius 2 is 2.21 bits per heavy atom. The van der Waals surface area contributed by atoms with Crippen LogP contribution in [0, 0.1) is 5.41 Å². The maximum Gasteiger partial charge on any atom is 0.168 e. The van der Waals surface area contributed by atoms with E-state index in [2.05, 4.69) is 4.99 Å². The molecule has 1 saturated heterocycles. The molecule has 1 fully saturated rings. The van der Waals surface area contributed by atoms with Gasteiger partial charge < -0.3 is 9.84 Å². The predicted molar refractivity (Wildman–Crippen MR) is 74.6 cm³/mol. The minimum atomic E-state index is -0.153. The van der Waals surface area contributed by atoms with E-state index in [1.165, 1.54) is 0 Å². The number of aliphatic imine (C=N–C) groups is 1. The molecule has 0 amide bonds. The number of ketones is 1. The Morgan fingerprint density at radius 1 is 1.47 bits per heavy atom. The Kier molecular flexibility index (Phi) is 4.09. The number of aliphatic hydroxyl groups excluding tert-OH is 1. The van der Waals surface area contributed by atoms with Gasteiger partial charge in [0.25, 0.3) is 0 Å². The van der Waals surface area contributed by atoms with Crippen molar-refractivity contribution in [2.45, 2.75) is 52.6 Å². The molecule has 0 bridgehead atoms. The van der Waals surface area contributed by atoms with E-state index < -0.39 is 0 Å². The monoisotopic (exact) mass is 265 g/mol. The first-order valence-corrected chi connectivity index (χ1v) is 6.97. The minimum Gasteiger partial charge on any atom is -0.511 e. The number of nitrogens with zero attached hydrogens (tertiary/aromatic N) is 1. The SMILES string of the molecule is CC(=NC[C@H]1CCCO1)C1=C(O)CC(C)(C)CC1=O. The third-order valence-corrected chi connectivity index (χ3v) is 3.77. The molecule has 1 aliphatic heterocycles. The Morgan fingerprint density at radius 3 is 2.79 bits per heavy atom. The molecule has 2 rings (SSSR count). The van der Waals surface area contributed by atoms with Crippen molar-refractivity contribution in [2.24, 2.45) is 10.4 Å². The van der Waals surface area contributed by atoms with Crippen molar-refractivity contribution in [1.82, 2.24) is 0 Å². The summed E-state index contributed by atoms with van der Waals surface area (Å²) in [6, 6.07) is 0. The molecule has 0 aromatic rings. The van der Waals surface area contributed by atoms with Gasteiger partial charge in [-0.3, -0.25) is 9.79 Å². The third-order valence-electron chi connectivity index (χ3n) is 3.77. The van der Waals surface area contributed by atoms with E-state index in [1.54, 1.807) is 6.92 Å². The molecular formula is C15H23NO3. The Hall–Kier alpha value is -1.16. The average Bonchev–Trinajstić information content (AvgIpc) is 2.76. The number of aliphatic hydroxyl groups is 1. The fraction of sp³-hybridized carbons (Fsp3) is 0.733. The summed E-state index contributed by atoms with van der Waals surface area (Å²) in [6.45, 7) is 7.18. The average molecular weight is 265 g/mol. The molecule has 19 heavy (non-hydrogen) atoms. The molecular weight excluding hydrogens is 242 g/mol. The van der Waals surface area contributed by atoms with Crippen LogP contribution in [0.2, 0.25) is 0 Å². The van der Waals surface area contributed by atoms with Crippen LogP contribution in [0.3, 0.4) is 0 Å². The molecule has 0 spiro atoms. The number of hydrogen-bond acceptors (Lipinski definition) is 4. The van der Waals surface area contributed by atoms with Gasteiger partial charge in [-0.15, -0.1) is 0 Å². The van der Waals surface area contributed by atoms with Crippen LogP contribution in [0.25, 0.3) is 0 Å². The maximum absolute atomic E-state index is 12.1. The van der Waals surface area contributed by atoms with Gasteiger partial charge in [0.1, 0.15) is 5.76 Å². The first-order valence-electron chi connectivity index (χ1n) is 6.97. The molecule has 1 aliphatic carbocycles. The summed E-state index contributed by atoms with van der Waals surface area (Å²) >= 11 is 0. The fourth-order valence-corrected chi connectivity index (χ4v) is 2.80. The molecule has 1 N–H and O–H groups in total. The van der Waals surface area contributed by atoms with Gasteiger partial charge in [-0.25, -0.2) is 0 Å². The van der Waals surface area contributed by atoms with E-state index in [0.29, 0.717) is 30.7 Å². The molecule has 4 nitrogen and oxygen atoms in total. The topological polar surface area (TPSA) is 58.9 Å². The summed E-state index contributed by atoms with van der Waals surface area (Å²) in [5.74, 6) is 0.192. The van der Waals surface area contributed by atoms with Crippen molar-refractivity contribution in [1.29, 1.82) is 0 Å². The summed E-state index contributed by atoms with van der Waals surface area (Å²) in [5.41, 5.74) is 0.922. The van der Waals surface area contributed by atoms with E-state index in [0.717, 1.165) is 19.4 Å². The van der Waals surface area contributed by atoms with Crippen molar-refractivity contribution >= 4 is 11.5 Å². The van der Waals surface area contributed by atoms with Crippen LogP contribution < -0.4 is 0 Å². The molecule has 0 aromatic heterocycles. The number of carbonyl (C=O) groups excluding carboxylic acids is 1. The molecule has 0 aromatic carbocycles. The highest BCUT2D eigenvalue weighted by Gasteiger charge is 2.34. The molecule has 4 heteroatoms. The van der Waals surface area contributed by atoms with Crippen LogP contribution in [0.1, 0.15) is 46.5 Å². The first kappa shape index (κ1) is 14.3. The fourth-order valence-electron chi connectivity index (χ4n) is 2.80. The zero-order valence-electron chi connectivity index (χ0n) is 12.0. The minimum absolute atomic E-state index is 0.00217. The van der Waals surface area contributed by atoms with Gasteiger partial charge in [-0.1, -0.05) is 13.8 Å². The summed E-state index contributed by atoms with van der Waals surface area (Å²) in [5, 5.41) is 10.1. The second-order valence-corrected chi connectivity index (χ2v) is 6.32. The van der Waals surface area contributed by atoms with Crippen LogP contribution in [-0.4, -0.2) is 35.9 Å². The van der Waals surface area contributed by atoms with Crippen molar-refractivity contribution in [2.75, 3.05) is 13.2 Å². The van der Waals surface area contributed by atoms with E-state index in [-0.39, 0.29) is 23.1 Å². The zero-order chi connectivity index (χ0) is 14.0.